The van der Waals surface area contributed by atoms with Crippen LogP contribution >= 0.6 is 22.9 Å². The van der Waals surface area contributed by atoms with Gasteiger partial charge in [-0.25, -0.2) is 0 Å². The Bertz CT molecular complexity index is 1480. The zero-order chi connectivity index (χ0) is 26.4. The summed E-state index contributed by atoms with van der Waals surface area (Å²) in [6.07, 6.45) is -0.0628. The number of carbonyl (C=O) groups is 1. The minimum atomic E-state index is -0.802. The van der Waals surface area contributed by atoms with E-state index in [0.29, 0.717) is 35.3 Å². The molecule has 2 aliphatic rings. The van der Waals surface area contributed by atoms with Gasteiger partial charge in [-0.2, -0.15) is 0 Å². The highest BCUT2D eigenvalue weighted by Gasteiger charge is 2.35. The van der Waals surface area contributed by atoms with Crippen LogP contribution in [0.5, 0.6) is 0 Å². The van der Waals surface area contributed by atoms with Gasteiger partial charge in [0, 0.05) is 43.5 Å². The number of amidine groups is 2. The first-order valence-corrected chi connectivity index (χ1v) is 13.0. The number of amides is 1. The van der Waals surface area contributed by atoms with Crippen molar-refractivity contribution in [2.24, 2.45) is 4.99 Å². The average molecular weight is 535 g/mol. The number of nitrogens with one attached hydrogen (secondary N) is 3. The second kappa shape index (κ2) is 9.74. The Kier molecular flexibility index (Phi) is 6.61. The lowest BCUT2D eigenvalue weighted by Gasteiger charge is -2.25. The number of hydrogen-bond acceptors (Lipinski definition) is 7. The summed E-state index contributed by atoms with van der Waals surface area (Å²) in [5, 5.41) is 21.9. The third-order valence-corrected chi connectivity index (χ3v) is 8.16. The van der Waals surface area contributed by atoms with Crippen molar-refractivity contribution in [2.45, 2.75) is 46.4 Å². The second-order valence-electron chi connectivity index (χ2n) is 9.17. The van der Waals surface area contributed by atoms with E-state index in [1.165, 1.54) is 11.3 Å². The molecule has 3 aromatic rings. The summed E-state index contributed by atoms with van der Waals surface area (Å²) in [5.74, 6) is -0.00693. The van der Waals surface area contributed by atoms with Crippen LogP contribution < -0.4 is 16.0 Å². The molecule has 0 bridgehead atoms. The van der Waals surface area contributed by atoms with Gasteiger partial charge in [-0.05, 0) is 50.6 Å². The van der Waals surface area contributed by atoms with Crippen molar-refractivity contribution in [3.63, 3.8) is 0 Å². The molecule has 0 saturated carbocycles. The number of aliphatic imine (C=N–C) groups is 1. The maximum atomic E-state index is 13.3. The fraction of sp³-hybridized carbons (Fsp3) is 0.259. The number of anilines is 3. The first kappa shape index (κ1) is 25.1. The summed E-state index contributed by atoms with van der Waals surface area (Å²) in [6, 6.07) is 10.1. The zero-order valence-electron chi connectivity index (χ0n) is 20.7. The zero-order valence-corrected chi connectivity index (χ0v) is 22.3. The van der Waals surface area contributed by atoms with E-state index in [2.05, 4.69) is 5.32 Å². The Morgan fingerprint density at radius 3 is 2.62 bits per heavy atom. The van der Waals surface area contributed by atoms with E-state index in [4.69, 9.17) is 37.9 Å². The van der Waals surface area contributed by atoms with Crippen molar-refractivity contribution in [3.8, 4) is 0 Å². The Morgan fingerprint density at radius 2 is 1.92 bits per heavy atom. The van der Waals surface area contributed by atoms with Crippen molar-refractivity contribution in [1.82, 2.24) is 0 Å². The summed E-state index contributed by atoms with van der Waals surface area (Å²) in [6.45, 7) is 6.49. The molecule has 1 amide bonds. The minimum absolute atomic E-state index is 0.0628. The van der Waals surface area contributed by atoms with Crippen LogP contribution in [-0.2, 0) is 22.7 Å². The van der Waals surface area contributed by atoms with Crippen molar-refractivity contribution in [2.75, 3.05) is 16.0 Å². The molecular formula is C27H27ClN6O2S. The van der Waals surface area contributed by atoms with Crippen LogP contribution in [0.4, 0.5) is 16.4 Å². The third-order valence-electron chi connectivity index (χ3n) is 6.71. The molecule has 1 atom stereocenters. The van der Waals surface area contributed by atoms with Gasteiger partial charge in [0.25, 0.3) is 0 Å². The van der Waals surface area contributed by atoms with E-state index in [-0.39, 0.29) is 24.0 Å². The lowest BCUT2D eigenvalue weighted by molar-refractivity contribution is -0.116. The quantitative estimate of drug-likeness (QED) is 0.195. The van der Waals surface area contributed by atoms with E-state index < -0.39 is 6.04 Å². The van der Waals surface area contributed by atoms with Crippen LogP contribution in [-0.4, -0.2) is 29.3 Å². The number of rotatable bonds is 4. The van der Waals surface area contributed by atoms with E-state index >= 15 is 0 Å². The van der Waals surface area contributed by atoms with Gasteiger partial charge in [0.05, 0.1) is 25.3 Å². The number of thiophene rings is 1. The summed E-state index contributed by atoms with van der Waals surface area (Å²) in [4.78, 5) is 20.9. The molecule has 5 rings (SSSR count). The van der Waals surface area contributed by atoms with Gasteiger partial charge >= 0.3 is 0 Å². The number of carbonyl (C=O) groups excluding carboxylic acids is 1. The molecule has 0 saturated heterocycles. The van der Waals surface area contributed by atoms with Gasteiger partial charge in [-0.15, -0.1) is 11.3 Å². The molecule has 0 unspecified atom stereocenters. The average Bonchev–Trinajstić information content (AvgIpc) is 3.42. The van der Waals surface area contributed by atoms with E-state index in [0.717, 1.165) is 37.7 Å². The molecule has 3 heterocycles. The van der Waals surface area contributed by atoms with Gasteiger partial charge in [-0.1, -0.05) is 23.7 Å². The molecule has 2 aliphatic heterocycles. The Labute approximate surface area is 224 Å². The molecule has 0 spiro atoms. The van der Waals surface area contributed by atoms with Crippen LogP contribution in [0, 0.1) is 24.7 Å². The van der Waals surface area contributed by atoms with Crippen molar-refractivity contribution < 1.29 is 9.53 Å². The number of fused-ring (bicyclic) bond motifs is 2. The second-order valence-corrected chi connectivity index (χ2v) is 10.8. The highest BCUT2D eigenvalue weighted by molar-refractivity contribution is 7.17. The highest BCUT2D eigenvalue weighted by Crippen LogP contribution is 2.40. The summed E-state index contributed by atoms with van der Waals surface area (Å²) in [5.41, 5.74) is 12.6. The number of nitrogens with zero attached hydrogens (tertiary/aromatic N) is 2. The van der Waals surface area contributed by atoms with Crippen LogP contribution in [0.1, 0.15) is 46.0 Å². The van der Waals surface area contributed by atoms with Crippen LogP contribution in [0.3, 0.4) is 0 Å². The van der Waals surface area contributed by atoms with E-state index in [1.807, 2.05) is 26.0 Å². The highest BCUT2D eigenvalue weighted by atomic mass is 35.5. The summed E-state index contributed by atoms with van der Waals surface area (Å²) in [7, 11) is 0. The number of aryl methyl sites for hydroxylation is 1. The molecule has 0 radical (unpaired) electrons. The van der Waals surface area contributed by atoms with Gasteiger partial charge in [-0.3, -0.25) is 25.5 Å². The predicted octanol–water partition coefficient (Wildman–Crippen LogP) is 5.66. The van der Waals surface area contributed by atoms with Gasteiger partial charge in [0.2, 0.25) is 5.91 Å². The van der Waals surface area contributed by atoms with E-state index in [9.17, 15) is 4.79 Å². The van der Waals surface area contributed by atoms with Crippen LogP contribution in [0.2, 0.25) is 5.02 Å². The number of benzene rings is 2. The number of nitrogen functional groups attached to an aromatic ring is 1. The van der Waals surface area contributed by atoms with Crippen molar-refractivity contribution >= 4 is 62.6 Å². The fourth-order valence-electron chi connectivity index (χ4n) is 4.68. The Balaban J connectivity index is 1.55. The van der Waals surface area contributed by atoms with Gasteiger partial charge in [0.1, 0.15) is 22.7 Å². The van der Waals surface area contributed by atoms with Crippen LogP contribution in [0.15, 0.2) is 41.4 Å². The fourth-order valence-corrected chi connectivity index (χ4v) is 6.03. The SMILES string of the molecule is CC(=N)N1C(=N)[C@H](CC(=O)Nc2ccc(N)c3c2COC3)N=C(c2ccc(Cl)cc2)c2c1sc(C)c2C. The molecule has 37 heavy (non-hydrogen) atoms. The molecule has 10 heteroatoms. The molecule has 190 valence electrons. The first-order chi connectivity index (χ1) is 17.7. The lowest BCUT2D eigenvalue weighted by Crippen LogP contribution is -2.41. The number of ether oxygens (including phenoxy) is 1. The topological polar surface area (TPSA) is 128 Å². The van der Waals surface area contributed by atoms with Gasteiger partial charge < -0.3 is 15.8 Å². The maximum Gasteiger partial charge on any atom is 0.227 e. The standard InChI is InChI=1S/C27H27ClN6O2S/c1-13-14(2)37-27-24(13)25(16-4-6-17(28)7-5-16)33-22(26(31)34(27)15(3)29)10-23(35)32-21-9-8-20(30)18-11-36-12-19(18)21/h4-9,22,29,31H,10-12,30H2,1-3H3,(H,32,35)/t22-/m0/s1. The normalized spacial score (nSPS) is 16.6. The number of nitrogens with two attached hydrogens (primary N) is 1. The summed E-state index contributed by atoms with van der Waals surface area (Å²) >= 11 is 7.67. The molecular weight excluding hydrogens is 508 g/mol. The summed E-state index contributed by atoms with van der Waals surface area (Å²) < 4.78 is 5.54. The molecule has 2 aromatic carbocycles. The Morgan fingerprint density at radius 1 is 1.22 bits per heavy atom. The molecule has 1 aromatic heterocycles. The smallest absolute Gasteiger partial charge is 0.227 e. The van der Waals surface area contributed by atoms with Gasteiger partial charge in [0.15, 0.2) is 0 Å². The predicted molar refractivity (Wildman–Crippen MR) is 151 cm³/mol. The molecule has 0 fully saturated rings. The lowest BCUT2D eigenvalue weighted by atomic mass is 9.99. The van der Waals surface area contributed by atoms with Crippen molar-refractivity contribution in [1.29, 1.82) is 10.8 Å². The first-order valence-electron chi connectivity index (χ1n) is 11.8. The monoisotopic (exact) mass is 534 g/mol. The maximum absolute atomic E-state index is 13.3. The molecule has 0 aliphatic carbocycles. The Hall–Kier alpha value is -3.53. The molecule has 8 nitrogen and oxygen atoms in total. The van der Waals surface area contributed by atoms with Crippen molar-refractivity contribution in [3.05, 3.63) is 74.1 Å². The largest absolute Gasteiger partial charge is 0.398 e. The molecule has 5 N–H and O–H groups in total. The van der Waals surface area contributed by atoms with Crippen LogP contribution in [0.25, 0.3) is 0 Å². The number of halogens is 1. The minimum Gasteiger partial charge on any atom is -0.398 e. The van der Waals surface area contributed by atoms with E-state index in [1.54, 1.807) is 36.1 Å². The number of hydrogen-bond donors (Lipinski definition) is 4. The third kappa shape index (κ3) is 4.54.